The highest BCUT2D eigenvalue weighted by molar-refractivity contribution is 5.15. The van der Waals surface area contributed by atoms with E-state index < -0.39 is 0 Å². The second-order valence-electron chi connectivity index (χ2n) is 4.30. The summed E-state index contributed by atoms with van der Waals surface area (Å²) in [6, 6.07) is 5.83. The lowest BCUT2D eigenvalue weighted by Crippen LogP contribution is -2.40. The third-order valence-corrected chi connectivity index (χ3v) is 3.00. The van der Waals surface area contributed by atoms with E-state index in [9.17, 15) is 0 Å². The van der Waals surface area contributed by atoms with Gasteiger partial charge >= 0.3 is 0 Å². The van der Waals surface area contributed by atoms with E-state index in [1.807, 2.05) is 18.2 Å². The summed E-state index contributed by atoms with van der Waals surface area (Å²) in [5.74, 6) is 0.669. The van der Waals surface area contributed by atoms with E-state index in [1.165, 1.54) is 0 Å². The van der Waals surface area contributed by atoms with Gasteiger partial charge in [-0.1, -0.05) is 6.07 Å². The Morgan fingerprint density at radius 1 is 1.39 bits per heavy atom. The molecule has 100 valence electrons. The number of methoxy groups -OCH3 is 1. The maximum Gasteiger partial charge on any atom is 0.213 e. The topological polar surface area (TPSA) is 46.6 Å². The molecule has 1 aromatic heterocycles. The average molecular weight is 251 g/mol. The first-order valence-corrected chi connectivity index (χ1v) is 6.39. The monoisotopic (exact) mass is 251 g/mol. The number of aromatic nitrogens is 1. The molecule has 0 aromatic carbocycles. The SMILES string of the molecule is COc1cccc(CNCCN2CCOCC2)n1. The lowest BCUT2D eigenvalue weighted by Gasteiger charge is -2.26. The predicted octanol–water partition coefficient (Wildman–Crippen LogP) is 0.512. The Morgan fingerprint density at radius 3 is 3.00 bits per heavy atom. The van der Waals surface area contributed by atoms with Crippen molar-refractivity contribution in [3.8, 4) is 5.88 Å². The highest BCUT2D eigenvalue weighted by atomic mass is 16.5. The molecule has 0 spiro atoms. The summed E-state index contributed by atoms with van der Waals surface area (Å²) in [6.07, 6.45) is 0. The Balaban J connectivity index is 1.65. The maximum absolute atomic E-state index is 5.31. The van der Waals surface area contributed by atoms with Gasteiger partial charge in [0, 0.05) is 38.8 Å². The van der Waals surface area contributed by atoms with Crippen molar-refractivity contribution in [2.75, 3.05) is 46.5 Å². The summed E-state index contributed by atoms with van der Waals surface area (Å²) in [5.41, 5.74) is 1.01. The summed E-state index contributed by atoms with van der Waals surface area (Å²) >= 11 is 0. The van der Waals surface area contributed by atoms with E-state index in [1.54, 1.807) is 7.11 Å². The number of rotatable bonds is 6. The quantitative estimate of drug-likeness (QED) is 0.747. The van der Waals surface area contributed by atoms with Crippen LogP contribution in [0.5, 0.6) is 5.88 Å². The molecule has 5 nitrogen and oxygen atoms in total. The van der Waals surface area contributed by atoms with Crippen LogP contribution in [0.15, 0.2) is 18.2 Å². The minimum atomic E-state index is 0.669. The average Bonchev–Trinajstić information content (AvgIpc) is 2.45. The molecule has 18 heavy (non-hydrogen) atoms. The lowest BCUT2D eigenvalue weighted by atomic mass is 10.3. The smallest absolute Gasteiger partial charge is 0.213 e. The van der Waals surface area contributed by atoms with Crippen LogP contribution in [-0.2, 0) is 11.3 Å². The zero-order valence-corrected chi connectivity index (χ0v) is 10.9. The van der Waals surface area contributed by atoms with Gasteiger partial charge in [0.15, 0.2) is 0 Å². The first-order valence-electron chi connectivity index (χ1n) is 6.39. The third kappa shape index (κ3) is 4.25. The van der Waals surface area contributed by atoms with Crippen molar-refractivity contribution in [3.63, 3.8) is 0 Å². The van der Waals surface area contributed by atoms with Gasteiger partial charge in [-0.25, -0.2) is 4.98 Å². The Hall–Kier alpha value is -1.17. The minimum absolute atomic E-state index is 0.669. The number of morpholine rings is 1. The molecule has 0 amide bonds. The van der Waals surface area contributed by atoms with Crippen molar-refractivity contribution in [2.24, 2.45) is 0 Å². The Morgan fingerprint density at radius 2 is 2.22 bits per heavy atom. The van der Waals surface area contributed by atoms with E-state index in [0.717, 1.165) is 51.6 Å². The van der Waals surface area contributed by atoms with Crippen molar-refractivity contribution in [1.29, 1.82) is 0 Å². The Labute approximate surface area is 108 Å². The van der Waals surface area contributed by atoms with Gasteiger partial charge in [-0.15, -0.1) is 0 Å². The first-order chi connectivity index (χ1) is 8.88. The highest BCUT2D eigenvalue weighted by Crippen LogP contribution is 2.06. The van der Waals surface area contributed by atoms with Crippen molar-refractivity contribution in [2.45, 2.75) is 6.54 Å². The maximum atomic E-state index is 5.31. The molecule has 0 radical (unpaired) electrons. The fourth-order valence-corrected chi connectivity index (χ4v) is 1.95. The van der Waals surface area contributed by atoms with Gasteiger partial charge in [0.25, 0.3) is 0 Å². The zero-order valence-electron chi connectivity index (χ0n) is 10.9. The number of nitrogens with one attached hydrogen (secondary N) is 1. The summed E-state index contributed by atoms with van der Waals surface area (Å²) in [7, 11) is 1.64. The van der Waals surface area contributed by atoms with Crippen LogP contribution in [0.1, 0.15) is 5.69 Å². The van der Waals surface area contributed by atoms with E-state index in [-0.39, 0.29) is 0 Å². The van der Waals surface area contributed by atoms with Gasteiger partial charge in [0.1, 0.15) is 0 Å². The van der Waals surface area contributed by atoms with Crippen molar-refractivity contribution in [3.05, 3.63) is 23.9 Å². The van der Waals surface area contributed by atoms with Crippen LogP contribution < -0.4 is 10.1 Å². The van der Waals surface area contributed by atoms with Crippen molar-refractivity contribution < 1.29 is 9.47 Å². The van der Waals surface area contributed by atoms with E-state index in [2.05, 4.69) is 15.2 Å². The van der Waals surface area contributed by atoms with E-state index >= 15 is 0 Å². The van der Waals surface area contributed by atoms with Crippen LogP contribution in [0.3, 0.4) is 0 Å². The number of pyridine rings is 1. The molecule has 2 heterocycles. The van der Waals surface area contributed by atoms with Gasteiger partial charge in [0.2, 0.25) is 5.88 Å². The molecule has 1 aromatic rings. The minimum Gasteiger partial charge on any atom is -0.481 e. The number of nitrogens with zero attached hydrogens (tertiary/aromatic N) is 2. The summed E-state index contributed by atoms with van der Waals surface area (Å²) in [5, 5.41) is 3.40. The first kappa shape index (κ1) is 13.3. The molecular formula is C13H21N3O2. The second-order valence-corrected chi connectivity index (χ2v) is 4.30. The van der Waals surface area contributed by atoms with E-state index in [0.29, 0.717) is 5.88 Å². The number of hydrogen-bond acceptors (Lipinski definition) is 5. The summed E-state index contributed by atoms with van der Waals surface area (Å²) < 4.78 is 10.4. The van der Waals surface area contributed by atoms with Gasteiger partial charge in [-0.3, -0.25) is 4.90 Å². The Kier molecular flexibility index (Phi) is 5.38. The Bertz CT molecular complexity index is 354. The van der Waals surface area contributed by atoms with Gasteiger partial charge in [-0.2, -0.15) is 0 Å². The number of ether oxygens (including phenoxy) is 2. The highest BCUT2D eigenvalue weighted by Gasteiger charge is 2.08. The molecule has 2 rings (SSSR count). The molecule has 5 heteroatoms. The molecule has 1 fully saturated rings. The molecule has 0 bridgehead atoms. The van der Waals surface area contributed by atoms with Gasteiger partial charge < -0.3 is 14.8 Å². The van der Waals surface area contributed by atoms with E-state index in [4.69, 9.17) is 9.47 Å². The fourth-order valence-electron chi connectivity index (χ4n) is 1.95. The normalized spacial score (nSPS) is 16.7. The molecular weight excluding hydrogens is 230 g/mol. The van der Waals surface area contributed by atoms with Crippen LogP contribution in [-0.4, -0.2) is 56.4 Å². The molecule has 1 saturated heterocycles. The van der Waals surface area contributed by atoms with Crippen LogP contribution in [0, 0.1) is 0 Å². The summed E-state index contributed by atoms with van der Waals surface area (Å²) in [4.78, 5) is 6.77. The van der Waals surface area contributed by atoms with Crippen molar-refractivity contribution in [1.82, 2.24) is 15.2 Å². The second kappa shape index (κ2) is 7.31. The molecule has 1 N–H and O–H groups in total. The molecule has 0 saturated carbocycles. The molecule has 1 aliphatic heterocycles. The molecule has 1 aliphatic rings. The van der Waals surface area contributed by atoms with Crippen LogP contribution >= 0.6 is 0 Å². The molecule has 0 aliphatic carbocycles. The molecule has 0 unspecified atom stereocenters. The zero-order chi connectivity index (χ0) is 12.6. The predicted molar refractivity (Wildman–Crippen MR) is 69.8 cm³/mol. The lowest BCUT2D eigenvalue weighted by molar-refractivity contribution is 0.0384. The van der Waals surface area contributed by atoms with Gasteiger partial charge in [-0.05, 0) is 6.07 Å². The van der Waals surface area contributed by atoms with Crippen LogP contribution in [0.2, 0.25) is 0 Å². The standard InChI is InChI=1S/C13H21N3O2/c1-17-13-4-2-3-12(15-13)11-14-5-6-16-7-9-18-10-8-16/h2-4,14H,5-11H2,1H3. The van der Waals surface area contributed by atoms with Gasteiger partial charge in [0.05, 0.1) is 26.0 Å². The molecule has 0 atom stereocenters. The van der Waals surface area contributed by atoms with Crippen LogP contribution in [0.4, 0.5) is 0 Å². The third-order valence-electron chi connectivity index (χ3n) is 3.00. The number of hydrogen-bond donors (Lipinski definition) is 1. The fraction of sp³-hybridized carbons (Fsp3) is 0.615. The van der Waals surface area contributed by atoms with Crippen molar-refractivity contribution >= 4 is 0 Å². The largest absolute Gasteiger partial charge is 0.481 e. The van der Waals surface area contributed by atoms with Crippen LogP contribution in [0.25, 0.3) is 0 Å². The summed E-state index contributed by atoms with van der Waals surface area (Å²) in [6.45, 7) is 6.61.